The number of rotatable bonds is 5. The fraction of sp³-hybridized carbons (Fsp3) is 0.267. The summed E-state index contributed by atoms with van der Waals surface area (Å²) in [6.07, 6.45) is 0. The van der Waals surface area contributed by atoms with Crippen molar-refractivity contribution in [1.29, 1.82) is 0 Å². The van der Waals surface area contributed by atoms with Crippen LogP contribution in [0, 0.1) is 19.7 Å². The van der Waals surface area contributed by atoms with Gasteiger partial charge in [0, 0.05) is 24.7 Å². The zero-order chi connectivity index (χ0) is 16.1. The Balaban J connectivity index is 1.77. The lowest BCUT2D eigenvalue weighted by atomic mass is 10.1. The third kappa shape index (κ3) is 3.91. The number of carbonyl (C=O) groups is 2. The summed E-state index contributed by atoms with van der Waals surface area (Å²) in [5.41, 5.74) is 1.33. The Labute approximate surface area is 126 Å². The number of aromatic nitrogens is 1. The van der Waals surface area contributed by atoms with Gasteiger partial charge in [0.2, 0.25) is 5.76 Å². The van der Waals surface area contributed by atoms with E-state index in [1.165, 1.54) is 18.2 Å². The van der Waals surface area contributed by atoms with Gasteiger partial charge in [0.1, 0.15) is 5.82 Å². The smallest absolute Gasteiger partial charge is 0.289 e. The van der Waals surface area contributed by atoms with Crippen LogP contribution in [-0.2, 0) is 0 Å². The second-order valence-electron chi connectivity index (χ2n) is 4.81. The van der Waals surface area contributed by atoms with Crippen LogP contribution in [0.5, 0.6) is 0 Å². The lowest BCUT2D eigenvalue weighted by Gasteiger charge is -2.06. The molecule has 2 rings (SSSR count). The molecule has 0 spiro atoms. The molecule has 0 atom stereocenters. The molecule has 2 amide bonds. The second-order valence-corrected chi connectivity index (χ2v) is 4.81. The van der Waals surface area contributed by atoms with Crippen molar-refractivity contribution in [2.24, 2.45) is 0 Å². The van der Waals surface area contributed by atoms with E-state index in [4.69, 9.17) is 4.52 Å². The van der Waals surface area contributed by atoms with Gasteiger partial charge in [-0.25, -0.2) is 4.39 Å². The highest BCUT2D eigenvalue weighted by Gasteiger charge is 2.11. The average molecular weight is 305 g/mol. The molecule has 2 aromatic rings. The first-order chi connectivity index (χ1) is 10.5. The maximum Gasteiger partial charge on any atom is 0.289 e. The molecular formula is C15H16FN3O3. The molecule has 1 aromatic carbocycles. The number of amides is 2. The summed E-state index contributed by atoms with van der Waals surface area (Å²) in [6.45, 7) is 3.77. The highest BCUT2D eigenvalue weighted by Crippen LogP contribution is 2.08. The van der Waals surface area contributed by atoms with Gasteiger partial charge in [0.15, 0.2) is 0 Å². The van der Waals surface area contributed by atoms with E-state index in [0.717, 1.165) is 0 Å². The maximum atomic E-state index is 13.4. The van der Waals surface area contributed by atoms with Crippen molar-refractivity contribution in [3.05, 3.63) is 52.7 Å². The van der Waals surface area contributed by atoms with Crippen LogP contribution in [0.3, 0.4) is 0 Å². The van der Waals surface area contributed by atoms with Crippen molar-refractivity contribution in [2.45, 2.75) is 13.8 Å². The fourth-order valence-corrected chi connectivity index (χ4v) is 1.75. The molecule has 0 unspecified atom stereocenters. The first-order valence-electron chi connectivity index (χ1n) is 6.73. The molecule has 6 nitrogen and oxygen atoms in total. The molecule has 22 heavy (non-hydrogen) atoms. The SMILES string of the molecule is Cc1cc(C(=O)NCCNC(=O)c2ccc(C)c(F)c2)on1. The monoisotopic (exact) mass is 305 g/mol. The van der Waals surface area contributed by atoms with Crippen LogP contribution in [0.2, 0.25) is 0 Å². The summed E-state index contributed by atoms with van der Waals surface area (Å²) in [5, 5.41) is 8.78. The van der Waals surface area contributed by atoms with Gasteiger partial charge in [-0.2, -0.15) is 0 Å². The lowest BCUT2D eigenvalue weighted by molar-refractivity contribution is 0.0903. The van der Waals surface area contributed by atoms with Crippen molar-refractivity contribution in [3.63, 3.8) is 0 Å². The number of benzene rings is 1. The number of nitrogens with one attached hydrogen (secondary N) is 2. The summed E-state index contributed by atoms with van der Waals surface area (Å²) >= 11 is 0. The summed E-state index contributed by atoms with van der Waals surface area (Å²) in [4.78, 5) is 23.5. The minimum atomic E-state index is -0.429. The molecule has 0 aliphatic rings. The topological polar surface area (TPSA) is 84.2 Å². The Kier molecular flexibility index (Phi) is 4.88. The van der Waals surface area contributed by atoms with Crippen molar-refractivity contribution in [2.75, 3.05) is 13.1 Å². The highest BCUT2D eigenvalue weighted by molar-refractivity contribution is 5.94. The van der Waals surface area contributed by atoms with Gasteiger partial charge in [0.25, 0.3) is 11.8 Å². The molecule has 0 radical (unpaired) electrons. The number of carbonyl (C=O) groups excluding carboxylic acids is 2. The molecule has 1 heterocycles. The number of hydrogen-bond acceptors (Lipinski definition) is 4. The third-order valence-corrected chi connectivity index (χ3v) is 2.98. The third-order valence-electron chi connectivity index (χ3n) is 2.98. The van der Waals surface area contributed by atoms with Crippen LogP contribution in [-0.4, -0.2) is 30.1 Å². The maximum absolute atomic E-state index is 13.4. The summed E-state index contributed by atoms with van der Waals surface area (Å²) < 4.78 is 18.2. The Morgan fingerprint density at radius 1 is 1.14 bits per heavy atom. The van der Waals surface area contributed by atoms with Gasteiger partial charge in [-0.1, -0.05) is 11.2 Å². The molecule has 1 aromatic heterocycles. The van der Waals surface area contributed by atoms with Crippen LogP contribution in [0.25, 0.3) is 0 Å². The minimum Gasteiger partial charge on any atom is -0.351 e. The van der Waals surface area contributed by atoms with E-state index < -0.39 is 17.6 Å². The quantitative estimate of drug-likeness (QED) is 0.822. The Hall–Kier alpha value is -2.70. The molecular weight excluding hydrogens is 289 g/mol. The van der Waals surface area contributed by atoms with E-state index >= 15 is 0 Å². The van der Waals surface area contributed by atoms with E-state index in [1.807, 2.05) is 0 Å². The van der Waals surface area contributed by atoms with E-state index in [2.05, 4.69) is 15.8 Å². The van der Waals surface area contributed by atoms with Gasteiger partial charge < -0.3 is 15.2 Å². The molecule has 0 aliphatic carbocycles. The molecule has 0 saturated carbocycles. The summed E-state index contributed by atoms with van der Waals surface area (Å²) in [7, 11) is 0. The zero-order valence-corrected chi connectivity index (χ0v) is 12.3. The predicted molar refractivity (Wildman–Crippen MR) is 77.0 cm³/mol. The van der Waals surface area contributed by atoms with Crippen molar-refractivity contribution >= 4 is 11.8 Å². The van der Waals surface area contributed by atoms with Gasteiger partial charge >= 0.3 is 0 Å². The molecule has 0 aliphatic heterocycles. The molecule has 7 heteroatoms. The Morgan fingerprint density at radius 3 is 2.41 bits per heavy atom. The van der Waals surface area contributed by atoms with Gasteiger partial charge in [-0.15, -0.1) is 0 Å². The van der Waals surface area contributed by atoms with Crippen molar-refractivity contribution in [3.8, 4) is 0 Å². The first kappa shape index (κ1) is 15.7. The van der Waals surface area contributed by atoms with Crippen LogP contribution in [0.15, 0.2) is 28.8 Å². The van der Waals surface area contributed by atoms with Crippen LogP contribution < -0.4 is 10.6 Å². The average Bonchev–Trinajstić information content (AvgIpc) is 2.92. The highest BCUT2D eigenvalue weighted by atomic mass is 19.1. The van der Waals surface area contributed by atoms with Crippen LogP contribution in [0.1, 0.15) is 32.2 Å². The molecule has 0 fully saturated rings. The standard InChI is InChI=1S/C15H16FN3O3/c1-9-3-4-11(8-12(9)16)14(20)17-5-6-18-15(21)13-7-10(2)19-22-13/h3-4,7-8H,5-6H2,1-2H3,(H,17,20)(H,18,21). The summed E-state index contributed by atoms with van der Waals surface area (Å²) in [6, 6.07) is 5.78. The molecule has 2 N–H and O–H groups in total. The van der Waals surface area contributed by atoms with Crippen LogP contribution in [0.4, 0.5) is 4.39 Å². The largest absolute Gasteiger partial charge is 0.351 e. The number of aryl methyl sites for hydroxylation is 2. The van der Waals surface area contributed by atoms with Gasteiger partial charge in [-0.05, 0) is 31.5 Å². The molecule has 0 bridgehead atoms. The lowest BCUT2D eigenvalue weighted by Crippen LogP contribution is -2.34. The van der Waals surface area contributed by atoms with E-state index in [-0.39, 0.29) is 24.4 Å². The molecule has 0 saturated heterocycles. The summed E-state index contributed by atoms with van der Waals surface area (Å²) in [5.74, 6) is -1.12. The number of halogens is 1. The van der Waals surface area contributed by atoms with Crippen molar-refractivity contribution < 1.29 is 18.5 Å². The first-order valence-corrected chi connectivity index (χ1v) is 6.73. The molecule has 116 valence electrons. The predicted octanol–water partition coefficient (Wildman–Crippen LogP) is 1.59. The van der Waals surface area contributed by atoms with E-state index in [0.29, 0.717) is 11.3 Å². The van der Waals surface area contributed by atoms with Crippen LogP contribution >= 0.6 is 0 Å². The van der Waals surface area contributed by atoms with Gasteiger partial charge in [0.05, 0.1) is 5.69 Å². The minimum absolute atomic E-state index is 0.115. The van der Waals surface area contributed by atoms with Gasteiger partial charge in [-0.3, -0.25) is 9.59 Å². The zero-order valence-electron chi connectivity index (χ0n) is 12.3. The second kappa shape index (κ2) is 6.84. The van der Waals surface area contributed by atoms with E-state index in [9.17, 15) is 14.0 Å². The number of hydrogen-bond donors (Lipinski definition) is 2. The fourth-order valence-electron chi connectivity index (χ4n) is 1.75. The Morgan fingerprint density at radius 2 is 1.82 bits per heavy atom. The van der Waals surface area contributed by atoms with E-state index in [1.54, 1.807) is 19.9 Å². The van der Waals surface area contributed by atoms with Crippen molar-refractivity contribution in [1.82, 2.24) is 15.8 Å². The normalized spacial score (nSPS) is 10.3. The Bertz CT molecular complexity index is 697. The number of nitrogens with zero attached hydrogens (tertiary/aromatic N) is 1.